The van der Waals surface area contributed by atoms with Crippen molar-refractivity contribution in [3.05, 3.63) is 277 Å². The molecular weight excluding hydrogens is 881 g/mol. The zero-order chi connectivity index (χ0) is 47.3. The highest BCUT2D eigenvalue weighted by molar-refractivity contribution is 6.21. The first-order valence-electron chi connectivity index (χ1n) is 24.5. The average Bonchev–Trinajstić information content (AvgIpc) is 4.21. The van der Waals surface area contributed by atoms with Gasteiger partial charge in [-0.2, -0.15) is 0 Å². The van der Waals surface area contributed by atoms with Crippen molar-refractivity contribution in [1.29, 1.82) is 0 Å². The van der Waals surface area contributed by atoms with Crippen LogP contribution in [0, 0.1) is 0 Å². The summed E-state index contributed by atoms with van der Waals surface area (Å²) in [4.78, 5) is 4.73. The molecule has 72 heavy (non-hydrogen) atoms. The maximum atomic E-state index is 7.34. The SMILES string of the molecule is c1ccc(N(c2ccc3c(c2)C(c2ccccc2)(c2ccccc2)c2cc(N(c4ccccc4)c4cccc5c4oc4ccccc45)c4c(oc5ccccc54)c2-3)c2cccc3c2oc2ccccc23)cc1. The minimum Gasteiger partial charge on any atom is -0.455 e. The van der Waals surface area contributed by atoms with Gasteiger partial charge in [-0.05, 0) is 101 Å². The molecule has 0 bridgehead atoms. The second kappa shape index (κ2) is 15.7. The number of para-hydroxylation sites is 7. The molecule has 0 N–H and O–H groups in total. The molecule has 0 saturated carbocycles. The van der Waals surface area contributed by atoms with Crippen molar-refractivity contribution >= 4 is 99.9 Å². The fourth-order valence-electron chi connectivity index (χ4n) is 11.9. The highest BCUT2D eigenvalue weighted by Crippen LogP contribution is 2.62. The highest BCUT2D eigenvalue weighted by atomic mass is 16.3. The van der Waals surface area contributed by atoms with Crippen LogP contribution in [0.3, 0.4) is 0 Å². The molecule has 11 aromatic carbocycles. The minimum atomic E-state index is -0.827. The third-order valence-electron chi connectivity index (χ3n) is 14.9. The first-order valence-corrected chi connectivity index (χ1v) is 24.5. The first kappa shape index (κ1) is 40.3. The summed E-state index contributed by atoms with van der Waals surface area (Å²) in [5, 5.41) is 6.35. The summed E-state index contributed by atoms with van der Waals surface area (Å²) in [6.45, 7) is 0. The number of hydrogen-bond donors (Lipinski definition) is 0. The van der Waals surface area contributed by atoms with Crippen LogP contribution >= 0.6 is 0 Å². The lowest BCUT2D eigenvalue weighted by molar-refractivity contribution is 0.667. The Bertz CT molecular complexity index is 4360. The molecule has 5 heteroatoms. The van der Waals surface area contributed by atoms with E-state index in [9.17, 15) is 0 Å². The van der Waals surface area contributed by atoms with Gasteiger partial charge in [0.1, 0.15) is 22.3 Å². The Morgan fingerprint density at radius 1 is 0.292 bits per heavy atom. The van der Waals surface area contributed by atoms with Crippen LogP contribution in [0.5, 0.6) is 0 Å². The topological polar surface area (TPSA) is 45.9 Å². The Morgan fingerprint density at radius 3 is 1.31 bits per heavy atom. The lowest BCUT2D eigenvalue weighted by Gasteiger charge is -2.35. The minimum absolute atomic E-state index is 0.815. The predicted molar refractivity (Wildman–Crippen MR) is 295 cm³/mol. The van der Waals surface area contributed by atoms with Gasteiger partial charge in [-0.25, -0.2) is 0 Å². The molecule has 5 nitrogen and oxygen atoms in total. The number of hydrogen-bond acceptors (Lipinski definition) is 5. The van der Waals surface area contributed by atoms with Crippen LogP contribution in [0.4, 0.5) is 34.1 Å². The normalized spacial score (nSPS) is 12.8. The van der Waals surface area contributed by atoms with Gasteiger partial charge in [0.05, 0.1) is 27.9 Å². The summed E-state index contributed by atoms with van der Waals surface area (Å²) in [5.74, 6) is 0. The largest absolute Gasteiger partial charge is 0.455 e. The molecule has 0 fully saturated rings. The maximum absolute atomic E-state index is 7.34. The number of rotatable bonds is 8. The van der Waals surface area contributed by atoms with Gasteiger partial charge in [0.2, 0.25) is 0 Å². The van der Waals surface area contributed by atoms with Crippen molar-refractivity contribution in [3.63, 3.8) is 0 Å². The van der Waals surface area contributed by atoms with E-state index in [4.69, 9.17) is 13.3 Å². The van der Waals surface area contributed by atoms with Crippen LogP contribution in [-0.2, 0) is 5.41 Å². The number of nitrogens with zero attached hydrogens (tertiary/aromatic N) is 2. The van der Waals surface area contributed by atoms with Gasteiger partial charge in [-0.1, -0.05) is 182 Å². The van der Waals surface area contributed by atoms with Crippen molar-refractivity contribution in [3.8, 4) is 11.1 Å². The second-order valence-corrected chi connectivity index (χ2v) is 18.7. The molecule has 0 spiro atoms. The van der Waals surface area contributed by atoms with Gasteiger partial charge in [0.15, 0.2) is 11.2 Å². The lowest BCUT2D eigenvalue weighted by Crippen LogP contribution is -2.29. The van der Waals surface area contributed by atoms with E-state index in [1.54, 1.807) is 0 Å². The molecule has 1 aliphatic rings. The zero-order valence-electron chi connectivity index (χ0n) is 38.9. The number of furan rings is 3. The highest BCUT2D eigenvalue weighted by Gasteiger charge is 2.49. The fourth-order valence-corrected chi connectivity index (χ4v) is 11.9. The molecule has 3 heterocycles. The van der Waals surface area contributed by atoms with Gasteiger partial charge in [-0.15, -0.1) is 0 Å². The third kappa shape index (κ3) is 5.76. The smallest absolute Gasteiger partial charge is 0.159 e. The van der Waals surface area contributed by atoms with Crippen LogP contribution < -0.4 is 9.80 Å². The zero-order valence-corrected chi connectivity index (χ0v) is 38.9. The van der Waals surface area contributed by atoms with Crippen molar-refractivity contribution in [2.24, 2.45) is 0 Å². The molecule has 338 valence electrons. The summed E-state index contributed by atoms with van der Waals surface area (Å²) in [5.41, 5.74) is 16.8. The molecule has 0 saturated heterocycles. The molecule has 3 aromatic heterocycles. The van der Waals surface area contributed by atoms with Crippen LogP contribution in [0.15, 0.2) is 268 Å². The van der Waals surface area contributed by atoms with Gasteiger partial charge in [0.25, 0.3) is 0 Å². The Balaban J connectivity index is 1.08. The van der Waals surface area contributed by atoms with E-state index >= 15 is 0 Å². The number of anilines is 6. The molecule has 1 aliphatic carbocycles. The van der Waals surface area contributed by atoms with E-state index in [-0.39, 0.29) is 0 Å². The summed E-state index contributed by atoms with van der Waals surface area (Å²) < 4.78 is 21.0. The van der Waals surface area contributed by atoms with Crippen LogP contribution in [0.2, 0.25) is 0 Å². The maximum Gasteiger partial charge on any atom is 0.159 e. The van der Waals surface area contributed by atoms with Gasteiger partial charge in [0, 0.05) is 49.6 Å². The Hall–Kier alpha value is -9.58. The van der Waals surface area contributed by atoms with Gasteiger partial charge in [-0.3, -0.25) is 0 Å². The summed E-state index contributed by atoms with van der Waals surface area (Å²) in [6, 6.07) is 90.8. The first-order chi connectivity index (χ1) is 35.7. The Labute approximate surface area is 414 Å². The van der Waals surface area contributed by atoms with E-state index in [2.05, 4.69) is 252 Å². The fraction of sp³-hybridized carbons (Fsp3) is 0.0149. The quantitative estimate of drug-likeness (QED) is 0.152. The van der Waals surface area contributed by atoms with Gasteiger partial charge >= 0.3 is 0 Å². The van der Waals surface area contributed by atoms with Crippen LogP contribution in [0.25, 0.3) is 76.9 Å². The van der Waals surface area contributed by atoms with E-state index in [1.165, 1.54) is 0 Å². The van der Waals surface area contributed by atoms with Crippen molar-refractivity contribution < 1.29 is 13.3 Å². The van der Waals surface area contributed by atoms with Crippen molar-refractivity contribution in [2.45, 2.75) is 5.41 Å². The van der Waals surface area contributed by atoms with Crippen molar-refractivity contribution in [2.75, 3.05) is 9.80 Å². The average molecular weight is 923 g/mol. The summed E-state index contributed by atoms with van der Waals surface area (Å²) in [6.07, 6.45) is 0. The summed E-state index contributed by atoms with van der Waals surface area (Å²) in [7, 11) is 0. The molecule has 0 aliphatic heterocycles. The number of fused-ring (bicyclic) bond motifs is 13. The summed E-state index contributed by atoms with van der Waals surface area (Å²) >= 11 is 0. The Kier molecular flexibility index (Phi) is 8.80. The molecule has 14 aromatic rings. The van der Waals surface area contributed by atoms with Crippen LogP contribution in [0.1, 0.15) is 22.3 Å². The molecule has 0 unspecified atom stereocenters. The molecule has 15 rings (SSSR count). The van der Waals surface area contributed by atoms with E-state index in [1.807, 2.05) is 12.1 Å². The monoisotopic (exact) mass is 922 g/mol. The second-order valence-electron chi connectivity index (χ2n) is 18.7. The standard InChI is InChI=1S/C67H42N2O3/c1-5-21-43(22-6-1)67(44-23-7-2-8-24-44)54-41-47(68(45-25-9-3-10-26-45)56-34-19-32-50-48-29-13-16-36-59(48)70-64(50)56)39-40-52(54)62-55(67)42-58(63-53-31-15-18-38-61(53)72-66(62)63)69(46-27-11-4-12-28-46)57-35-20-33-51-49-30-14-17-37-60(49)71-65(51)57/h1-42H. The lowest BCUT2D eigenvalue weighted by atomic mass is 9.67. The molecule has 0 atom stereocenters. The van der Waals surface area contributed by atoms with Crippen LogP contribution in [-0.4, -0.2) is 0 Å². The predicted octanol–water partition coefficient (Wildman–Crippen LogP) is 18.7. The molecule has 0 radical (unpaired) electrons. The van der Waals surface area contributed by atoms with Crippen molar-refractivity contribution in [1.82, 2.24) is 0 Å². The van der Waals surface area contributed by atoms with E-state index < -0.39 is 5.41 Å². The van der Waals surface area contributed by atoms with Gasteiger partial charge < -0.3 is 23.1 Å². The van der Waals surface area contributed by atoms with E-state index in [0.717, 1.165) is 133 Å². The number of benzene rings is 11. The molecular formula is C67H42N2O3. The van der Waals surface area contributed by atoms with E-state index in [0.29, 0.717) is 0 Å². The molecule has 0 amide bonds. The third-order valence-corrected chi connectivity index (χ3v) is 14.9. The Morgan fingerprint density at radius 2 is 0.736 bits per heavy atom.